The summed E-state index contributed by atoms with van der Waals surface area (Å²) in [6.45, 7) is 2.54. The fourth-order valence-corrected chi connectivity index (χ4v) is 2.57. The van der Waals surface area contributed by atoms with Crippen molar-refractivity contribution in [2.45, 2.75) is 13.0 Å². The highest BCUT2D eigenvalue weighted by Crippen LogP contribution is 2.20. The molecule has 0 spiro atoms. The van der Waals surface area contributed by atoms with E-state index < -0.39 is 0 Å². The van der Waals surface area contributed by atoms with E-state index >= 15 is 0 Å². The van der Waals surface area contributed by atoms with Gasteiger partial charge in [0.05, 0.1) is 37.7 Å². The number of carbonyl (C=O) groups excluding carboxylic acids is 1. The summed E-state index contributed by atoms with van der Waals surface area (Å²) in [5.41, 5.74) is 1.90. The lowest BCUT2D eigenvalue weighted by atomic mass is 10.3. The smallest absolute Gasteiger partial charge is 0.306 e. The summed E-state index contributed by atoms with van der Waals surface area (Å²) in [7, 11) is 5.04. The number of esters is 1. The van der Waals surface area contributed by atoms with Crippen molar-refractivity contribution in [3.05, 3.63) is 29.0 Å². The monoisotopic (exact) mass is 339 g/mol. The number of ether oxygens (including phenoxy) is 2. The minimum absolute atomic E-state index is 0.218. The van der Waals surface area contributed by atoms with Crippen molar-refractivity contribution in [3.8, 4) is 0 Å². The van der Waals surface area contributed by atoms with Crippen molar-refractivity contribution in [1.82, 2.24) is 14.5 Å². The highest BCUT2D eigenvalue weighted by molar-refractivity contribution is 6.31. The lowest BCUT2D eigenvalue weighted by Crippen LogP contribution is -2.30. The fourth-order valence-electron chi connectivity index (χ4n) is 2.41. The zero-order valence-corrected chi connectivity index (χ0v) is 14.5. The number of aryl methyl sites for hydroxylation is 1. The first kappa shape index (κ1) is 17.7. The van der Waals surface area contributed by atoms with E-state index in [4.69, 9.17) is 21.1 Å². The molecule has 2 aromatic rings. The number of fused-ring (bicyclic) bond motifs is 1. The summed E-state index contributed by atoms with van der Waals surface area (Å²) in [6.07, 6.45) is 0.343. The predicted octanol–water partition coefficient (Wildman–Crippen LogP) is 2.24. The van der Waals surface area contributed by atoms with Crippen molar-refractivity contribution < 1.29 is 14.3 Å². The van der Waals surface area contributed by atoms with Crippen LogP contribution in [0, 0.1) is 0 Å². The number of aromatic nitrogens is 2. The largest absolute Gasteiger partial charge is 0.469 e. The Morgan fingerprint density at radius 1 is 1.35 bits per heavy atom. The van der Waals surface area contributed by atoms with Crippen LogP contribution in [-0.4, -0.2) is 54.3 Å². The summed E-state index contributed by atoms with van der Waals surface area (Å²) in [6, 6.07) is 5.67. The fraction of sp³-hybridized carbons (Fsp3) is 0.500. The van der Waals surface area contributed by atoms with Crippen LogP contribution >= 0.6 is 11.6 Å². The summed E-state index contributed by atoms with van der Waals surface area (Å²) in [4.78, 5) is 18.1. The minimum atomic E-state index is -0.218. The number of hydrogen-bond acceptors (Lipinski definition) is 5. The van der Waals surface area contributed by atoms with Gasteiger partial charge in [0.15, 0.2) is 0 Å². The molecule has 1 aromatic heterocycles. The molecule has 0 aliphatic rings. The third-order valence-corrected chi connectivity index (χ3v) is 4.01. The molecule has 1 heterocycles. The molecule has 6 nitrogen and oxygen atoms in total. The predicted molar refractivity (Wildman–Crippen MR) is 89.5 cm³/mol. The van der Waals surface area contributed by atoms with Crippen LogP contribution in [0.1, 0.15) is 12.2 Å². The number of imidazole rings is 1. The topological polar surface area (TPSA) is 56.6 Å². The van der Waals surface area contributed by atoms with Crippen molar-refractivity contribution in [2.24, 2.45) is 7.05 Å². The summed E-state index contributed by atoms with van der Waals surface area (Å²) in [5, 5.41) is 0.670. The summed E-state index contributed by atoms with van der Waals surface area (Å²) < 4.78 is 11.9. The zero-order valence-electron chi connectivity index (χ0n) is 13.7. The lowest BCUT2D eigenvalue weighted by molar-refractivity contribution is -0.141. The highest BCUT2D eigenvalue weighted by Gasteiger charge is 2.14. The molecule has 0 aliphatic carbocycles. The maximum Gasteiger partial charge on any atom is 0.306 e. The van der Waals surface area contributed by atoms with Crippen LogP contribution in [0.25, 0.3) is 11.0 Å². The van der Waals surface area contributed by atoms with Crippen LogP contribution < -0.4 is 0 Å². The van der Waals surface area contributed by atoms with Crippen molar-refractivity contribution in [2.75, 3.05) is 33.9 Å². The van der Waals surface area contributed by atoms with Crippen LogP contribution in [0.3, 0.4) is 0 Å². The van der Waals surface area contributed by atoms with Gasteiger partial charge in [0.1, 0.15) is 5.82 Å². The number of hydrogen-bond donors (Lipinski definition) is 0. The summed E-state index contributed by atoms with van der Waals surface area (Å²) in [5.74, 6) is 0.701. The molecule has 126 valence electrons. The molecule has 2 rings (SSSR count). The molecule has 7 heteroatoms. The second-order valence-corrected chi connectivity index (χ2v) is 5.75. The Labute approximate surface area is 140 Å². The number of nitrogens with zero attached hydrogens (tertiary/aromatic N) is 3. The average molecular weight is 340 g/mol. The number of rotatable bonds is 8. The van der Waals surface area contributed by atoms with E-state index in [0.29, 0.717) is 31.1 Å². The van der Waals surface area contributed by atoms with Gasteiger partial charge in [-0.1, -0.05) is 11.6 Å². The van der Waals surface area contributed by atoms with Gasteiger partial charge < -0.3 is 14.0 Å². The van der Waals surface area contributed by atoms with Gasteiger partial charge in [0.25, 0.3) is 0 Å². The first-order chi connectivity index (χ1) is 11.0. The van der Waals surface area contributed by atoms with Crippen molar-refractivity contribution >= 4 is 28.6 Å². The van der Waals surface area contributed by atoms with Crippen LogP contribution in [-0.2, 0) is 27.9 Å². The van der Waals surface area contributed by atoms with Gasteiger partial charge >= 0.3 is 5.97 Å². The molecule has 0 saturated carbocycles. The standard InChI is InChI=1S/C16H22ClN3O3/c1-19-14-5-4-12(17)10-13(14)18-15(19)11-20(8-9-22-2)7-6-16(21)23-3/h4-5,10H,6-9,11H2,1-3H3. The van der Waals surface area contributed by atoms with Crippen LogP contribution in [0.4, 0.5) is 0 Å². The maximum absolute atomic E-state index is 11.4. The second kappa shape index (κ2) is 8.29. The molecule has 0 aliphatic heterocycles. The Morgan fingerprint density at radius 3 is 2.83 bits per heavy atom. The van der Waals surface area contributed by atoms with Gasteiger partial charge in [-0.2, -0.15) is 0 Å². The minimum Gasteiger partial charge on any atom is -0.469 e. The molecule has 23 heavy (non-hydrogen) atoms. The third-order valence-electron chi connectivity index (χ3n) is 3.77. The van der Waals surface area contributed by atoms with Gasteiger partial charge in [0.2, 0.25) is 0 Å². The van der Waals surface area contributed by atoms with E-state index in [9.17, 15) is 4.79 Å². The molecule has 0 unspecified atom stereocenters. The van der Waals surface area contributed by atoms with Crippen LogP contribution in [0.5, 0.6) is 0 Å². The second-order valence-electron chi connectivity index (χ2n) is 5.32. The molecule has 0 atom stereocenters. The Balaban J connectivity index is 2.14. The van der Waals surface area contributed by atoms with Crippen LogP contribution in [0.15, 0.2) is 18.2 Å². The first-order valence-corrected chi connectivity index (χ1v) is 7.82. The van der Waals surface area contributed by atoms with Gasteiger partial charge in [0, 0.05) is 32.3 Å². The molecule has 0 amide bonds. The van der Waals surface area contributed by atoms with Gasteiger partial charge in [-0.3, -0.25) is 9.69 Å². The molecular formula is C16H22ClN3O3. The molecular weight excluding hydrogens is 318 g/mol. The maximum atomic E-state index is 11.4. The molecule has 1 aromatic carbocycles. The normalized spacial score (nSPS) is 11.3. The van der Waals surface area contributed by atoms with Gasteiger partial charge in [-0.05, 0) is 18.2 Å². The van der Waals surface area contributed by atoms with E-state index in [2.05, 4.69) is 9.88 Å². The van der Waals surface area contributed by atoms with E-state index in [-0.39, 0.29) is 5.97 Å². The Bertz CT molecular complexity index is 672. The SMILES string of the molecule is COCCN(CCC(=O)OC)Cc1nc2cc(Cl)ccc2n1C. The van der Waals surface area contributed by atoms with E-state index in [0.717, 1.165) is 23.4 Å². The molecule has 0 bridgehead atoms. The number of methoxy groups -OCH3 is 2. The number of halogens is 1. The van der Waals surface area contributed by atoms with Crippen molar-refractivity contribution in [3.63, 3.8) is 0 Å². The van der Waals surface area contributed by atoms with E-state index in [1.807, 2.05) is 29.8 Å². The van der Waals surface area contributed by atoms with Crippen LogP contribution in [0.2, 0.25) is 5.02 Å². The Kier molecular flexibility index (Phi) is 6.38. The zero-order chi connectivity index (χ0) is 16.8. The quantitative estimate of drug-likeness (QED) is 0.690. The molecule has 0 N–H and O–H groups in total. The van der Waals surface area contributed by atoms with E-state index in [1.165, 1.54) is 7.11 Å². The van der Waals surface area contributed by atoms with E-state index in [1.54, 1.807) is 7.11 Å². The molecule has 0 saturated heterocycles. The van der Waals surface area contributed by atoms with Gasteiger partial charge in [-0.25, -0.2) is 4.98 Å². The Hall–Kier alpha value is -1.63. The van der Waals surface area contributed by atoms with Gasteiger partial charge in [-0.15, -0.1) is 0 Å². The molecule has 0 radical (unpaired) electrons. The third kappa shape index (κ3) is 4.67. The summed E-state index contributed by atoms with van der Waals surface area (Å²) >= 11 is 6.03. The average Bonchev–Trinajstić information content (AvgIpc) is 2.84. The lowest BCUT2D eigenvalue weighted by Gasteiger charge is -2.21. The van der Waals surface area contributed by atoms with Crippen molar-refractivity contribution in [1.29, 1.82) is 0 Å². The number of benzene rings is 1. The number of carbonyl (C=O) groups is 1. The Morgan fingerprint density at radius 2 is 2.13 bits per heavy atom. The highest BCUT2D eigenvalue weighted by atomic mass is 35.5. The first-order valence-electron chi connectivity index (χ1n) is 7.44. The molecule has 0 fully saturated rings.